The summed E-state index contributed by atoms with van der Waals surface area (Å²) in [5.41, 5.74) is 2.71. The largest absolute Gasteiger partial charge is 0.495 e. The predicted molar refractivity (Wildman–Crippen MR) is 103 cm³/mol. The minimum atomic E-state index is -0.581. The number of ether oxygens (including phenoxy) is 2. The molecule has 0 unspecified atom stereocenters. The number of carbonyl (C=O) groups excluding carboxylic acids is 1. The Hall–Kier alpha value is -2.46. The summed E-state index contributed by atoms with van der Waals surface area (Å²) in [6.07, 6.45) is 1.41. The van der Waals surface area contributed by atoms with E-state index in [4.69, 9.17) is 9.47 Å². The Morgan fingerprint density at radius 3 is 2.77 bits per heavy atom. The molecule has 1 amide bonds. The fourth-order valence-corrected chi connectivity index (χ4v) is 3.39. The second kappa shape index (κ2) is 9.30. The van der Waals surface area contributed by atoms with Crippen LogP contribution in [-0.2, 0) is 4.79 Å². The van der Waals surface area contributed by atoms with Crippen molar-refractivity contribution in [2.45, 2.75) is 0 Å². The van der Waals surface area contributed by atoms with E-state index in [1.54, 1.807) is 12.1 Å². The molecule has 136 valence electrons. The number of rotatable bonds is 7. The summed E-state index contributed by atoms with van der Waals surface area (Å²) in [6.45, 7) is -0.415. The molecule has 2 rings (SSSR count). The maximum atomic E-state index is 11.8. The molecule has 0 aliphatic carbocycles. The Morgan fingerprint density at radius 1 is 1.35 bits per heavy atom. The van der Waals surface area contributed by atoms with E-state index >= 15 is 0 Å². The van der Waals surface area contributed by atoms with E-state index < -0.39 is 17.4 Å². The average molecular weight is 487 g/mol. The lowest BCUT2D eigenvalue weighted by Gasteiger charge is -2.08. The zero-order valence-corrected chi connectivity index (χ0v) is 16.6. The molecule has 1 N–H and O–H groups in total. The highest BCUT2D eigenvalue weighted by Gasteiger charge is 2.14. The maximum absolute atomic E-state index is 11.8. The molecule has 2 aromatic carbocycles. The molecule has 0 saturated heterocycles. The summed E-state index contributed by atoms with van der Waals surface area (Å²) in [5, 5.41) is 14.7. The van der Waals surface area contributed by atoms with Crippen LogP contribution in [-0.4, -0.2) is 30.8 Å². The molecule has 2 aromatic rings. The van der Waals surface area contributed by atoms with Crippen molar-refractivity contribution in [3.8, 4) is 11.5 Å². The maximum Gasteiger partial charge on any atom is 0.310 e. The number of hydrogen-bond acceptors (Lipinski definition) is 6. The molecule has 0 saturated carbocycles. The summed E-state index contributed by atoms with van der Waals surface area (Å²) >= 11 is 6.73. The summed E-state index contributed by atoms with van der Waals surface area (Å²) < 4.78 is 12.0. The van der Waals surface area contributed by atoms with Gasteiger partial charge in [0.2, 0.25) is 0 Å². The number of amides is 1. The molecule has 26 heavy (non-hydrogen) atoms. The molecule has 0 fully saturated rings. The zero-order chi connectivity index (χ0) is 19.1. The Balaban J connectivity index is 1.98. The zero-order valence-electron chi connectivity index (χ0n) is 13.4. The molecular formula is C16H13Br2N3O5. The fraction of sp³-hybridized carbons (Fsp3) is 0.125. The first-order chi connectivity index (χ1) is 12.4. The highest BCUT2D eigenvalue weighted by Crippen LogP contribution is 2.31. The number of para-hydroxylation sites is 2. The van der Waals surface area contributed by atoms with Crippen LogP contribution in [0.15, 0.2) is 50.4 Å². The lowest BCUT2D eigenvalue weighted by molar-refractivity contribution is -0.385. The Kier molecular flexibility index (Phi) is 7.10. The van der Waals surface area contributed by atoms with E-state index in [9.17, 15) is 14.9 Å². The van der Waals surface area contributed by atoms with Gasteiger partial charge in [0.05, 0.1) is 22.7 Å². The highest BCUT2D eigenvalue weighted by molar-refractivity contribution is 9.11. The number of nitrogens with zero attached hydrogens (tertiary/aromatic N) is 2. The lowest BCUT2D eigenvalue weighted by Crippen LogP contribution is -2.24. The van der Waals surface area contributed by atoms with Gasteiger partial charge in [-0.1, -0.05) is 28.1 Å². The smallest absolute Gasteiger partial charge is 0.310 e. The minimum Gasteiger partial charge on any atom is -0.495 e. The van der Waals surface area contributed by atoms with Crippen LogP contribution in [0.3, 0.4) is 0 Å². The van der Waals surface area contributed by atoms with Crippen molar-refractivity contribution in [1.29, 1.82) is 0 Å². The number of nitro groups is 1. The molecular weight excluding hydrogens is 474 g/mol. The van der Waals surface area contributed by atoms with Crippen LogP contribution in [0.4, 0.5) is 5.69 Å². The van der Waals surface area contributed by atoms with Gasteiger partial charge in [-0.25, -0.2) is 5.43 Å². The number of nitro benzene ring substituents is 1. The number of hydrazone groups is 1. The van der Waals surface area contributed by atoms with E-state index in [0.29, 0.717) is 11.3 Å². The van der Waals surface area contributed by atoms with Crippen LogP contribution in [0.1, 0.15) is 5.56 Å². The van der Waals surface area contributed by atoms with Gasteiger partial charge in [-0.3, -0.25) is 14.9 Å². The second-order valence-corrected chi connectivity index (χ2v) is 6.59. The molecule has 0 aromatic heterocycles. The summed E-state index contributed by atoms with van der Waals surface area (Å²) in [7, 11) is 1.52. The van der Waals surface area contributed by atoms with Crippen molar-refractivity contribution >= 4 is 49.7 Å². The van der Waals surface area contributed by atoms with Crippen LogP contribution in [0.2, 0.25) is 0 Å². The van der Waals surface area contributed by atoms with E-state index in [-0.39, 0.29) is 11.4 Å². The highest BCUT2D eigenvalue weighted by atomic mass is 79.9. The second-order valence-electron chi connectivity index (χ2n) is 4.82. The fourth-order valence-electron chi connectivity index (χ4n) is 1.97. The topological polar surface area (TPSA) is 103 Å². The average Bonchev–Trinajstić information content (AvgIpc) is 2.59. The van der Waals surface area contributed by atoms with Crippen LogP contribution >= 0.6 is 31.9 Å². The van der Waals surface area contributed by atoms with Crippen LogP contribution in [0.25, 0.3) is 0 Å². The minimum absolute atomic E-state index is 0.00854. The van der Waals surface area contributed by atoms with Crippen molar-refractivity contribution in [2.75, 3.05) is 13.7 Å². The Morgan fingerprint density at radius 2 is 2.08 bits per heavy atom. The summed E-state index contributed by atoms with van der Waals surface area (Å²) in [6, 6.07) is 9.38. The third-order valence-corrected chi connectivity index (χ3v) is 4.10. The van der Waals surface area contributed by atoms with Crippen LogP contribution < -0.4 is 14.9 Å². The molecule has 0 aliphatic heterocycles. The first-order valence-corrected chi connectivity index (χ1v) is 8.72. The number of halogens is 2. The molecule has 0 aliphatic rings. The molecule has 0 heterocycles. The first kappa shape index (κ1) is 19.9. The number of nitrogens with one attached hydrogen (secondary N) is 1. The molecule has 10 heteroatoms. The quantitative estimate of drug-likeness (QED) is 0.365. The third kappa shape index (κ3) is 5.27. The molecule has 0 atom stereocenters. The van der Waals surface area contributed by atoms with Gasteiger partial charge >= 0.3 is 5.69 Å². The monoisotopic (exact) mass is 485 g/mol. The number of carbonyl (C=O) groups is 1. The molecule has 0 spiro atoms. The van der Waals surface area contributed by atoms with Crippen molar-refractivity contribution in [1.82, 2.24) is 5.43 Å². The van der Waals surface area contributed by atoms with Gasteiger partial charge in [0.25, 0.3) is 5.91 Å². The van der Waals surface area contributed by atoms with Crippen molar-refractivity contribution in [3.05, 3.63) is 61.0 Å². The molecule has 8 nitrogen and oxygen atoms in total. The number of hydrogen-bond donors (Lipinski definition) is 1. The van der Waals surface area contributed by atoms with Crippen molar-refractivity contribution < 1.29 is 19.2 Å². The summed E-state index contributed by atoms with van der Waals surface area (Å²) in [5.74, 6) is 0.00371. The van der Waals surface area contributed by atoms with Gasteiger partial charge in [-0.15, -0.1) is 0 Å². The third-order valence-electron chi connectivity index (χ3n) is 3.05. The standard InChI is InChI=1S/C16H13Br2N3O5/c1-25-16-10(6-11(17)7-12(16)18)8-19-20-15(22)9-26-14-5-3-2-4-13(14)21(23)24/h2-8H,9H2,1H3,(H,20,22). The molecule has 0 radical (unpaired) electrons. The van der Waals surface area contributed by atoms with Gasteiger partial charge in [-0.05, 0) is 34.1 Å². The van der Waals surface area contributed by atoms with Crippen molar-refractivity contribution in [2.24, 2.45) is 5.10 Å². The predicted octanol–water partition coefficient (Wildman–Crippen LogP) is 3.66. The van der Waals surface area contributed by atoms with Gasteiger partial charge in [0.15, 0.2) is 12.4 Å². The van der Waals surface area contributed by atoms with E-state index in [0.717, 1.165) is 8.95 Å². The number of benzene rings is 2. The van der Waals surface area contributed by atoms with Gasteiger partial charge in [0, 0.05) is 16.1 Å². The van der Waals surface area contributed by atoms with Gasteiger partial charge in [-0.2, -0.15) is 5.10 Å². The van der Waals surface area contributed by atoms with Gasteiger partial charge < -0.3 is 9.47 Å². The van der Waals surface area contributed by atoms with E-state index in [2.05, 4.69) is 42.4 Å². The normalized spacial score (nSPS) is 10.6. The van der Waals surface area contributed by atoms with E-state index in [1.807, 2.05) is 6.07 Å². The Bertz CT molecular complexity index is 858. The van der Waals surface area contributed by atoms with Gasteiger partial charge in [0.1, 0.15) is 5.75 Å². The van der Waals surface area contributed by atoms with Crippen LogP contribution in [0, 0.1) is 10.1 Å². The number of methoxy groups -OCH3 is 1. The molecule has 0 bridgehead atoms. The SMILES string of the molecule is COc1c(Br)cc(Br)cc1C=NNC(=O)COc1ccccc1[N+](=O)[O-]. The van der Waals surface area contributed by atoms with Crippen LogP contribution in [0.5, 0.6) is 11.5 Å². The van der Waals surface area contributed by atoms with Crippen molar-refractivity contribution in [3.63, 3.8) is 0 Å². The Labute approximate surface area is 165 Å². The first-order valence-electron chi connectivity index (χ1n) is 7.13. The lowest BCUT2D eigenvalue weighted by atomic mass is 10.2. The summed E-state index contributed by atoms with van der Waals surface area (Å²) in [4.78, 5) is 22.1. The van der Waals surface area contributed by atoms with E-state index in [1.165, 1.54) is 31.5 Å².